The van der Waals surface area contributed by atoms with Crippen molar-refractivity contribution in [1.82, 2.24) is 10.2 Å². The average Bonchev–Trinajstić information content (AvgIpc) is 2.86. The van der Waals surface area contributed by atoms with Crippen molar-refractivity contribution in [3.8, 4) is 0 Å². The molecule has 37 heavy (non-hydrogen) atoms. The highest BCUT2D eigenvalue weighted by atomic mass is 32.2. The fraction of sp³-hybridized carbons (Fsp3) is 0.310. The van der Waals surface area contributed by atoms with Gasteiger partial charge in [-0.15, -0.1) is 0 Å². The fourth-order valence-electron chi connectivity index (χ4n) is 4.17. The number of carbonyl (C=O) groups excluding carboxylic acids is 2. The summed E-state index contributed by atoms with van der Waals surface area (Å²) in [6.07, 6.45) is 1.38. The quantitative estimate of drug-likeness (QED) is 0.415. The Balaban J connectivity index is 2.04. The molecule has 3 rings (SSSR count). The van der Waals surface area contributed by atoms with Crippen LogP contribution in [0.5, 0.6) is 0 Å². The lowest BCUT2D eigenvalue weighted by Gasteiger charge is -2.33. The predicted molar refractivity (Wildman–Crippen MR) is 148 cm³/mol. The summed E-state index contributed by atoms with van der Waals surface area (Å²) in [5.74, 6) is -0.741. The zero-order chi connectivity index (χ0) is 27.0. The molecule has 196 valence electrons. The van der Waals surface area contributed by atoms with Crippen molar-refractivity contribution >= 4 is 27.5 Å². The number of benzene rings is 3. The van der Waals surface area contributed by atoms with Crippen LogP contribution in [-0.2, 0) is 32.6 Å². The summed E-state index contributed by atoms with van der Waals surface area (Å²) in [6, 6.07) is 23.4. The fourth-order valence-corrected chi connectivity index (χ4v) is 5.08. The maximum absolute atomic E-state index is 13.9. The van der Waals surface area contributed by atoms with Gasteiger partial charge in [-0.3, -0.25) is 13.9 Å². The van der Waals surface area contributed by atoms with Crippen molar-refractivity contribution in [2.24, 2.45) is 0 Å². The van der Waals surface area contributed by atoms with Crippen LogP contribution in [0.1, 0.15) is 29.2 Å². The van der Waals surface area contributed by atoms with Gasteiger partial charge in [-0.1, -0.05) is 78.4 Å². The number of nitrogens with zero attached hydrogens (tertiary/aromatic N) is 2. The van der Waals surface area contributed by atoms with Gasteiger partial charge in [0.15, 0.2) is 0 Å². The molecule has 0 aliphatic heterocycles. The second kappa shape index (κ2) is 12.5. The molecule has 0 radical (unpaired) electrons. The van der Waals surface area contributed by atoms with E-state index in [0.717, 1.165) is 32.8 Å². The Labute approximate surface area is 220 Å². The van der Waals surface area contributed by atoms with Gasteiger partial charge in [-0.05, 0) is 43.5 Å². The van der Waals surface area contributed by atoms with Crippen LogP contribution in [0, 0.1) is 13.8 Å². The molecular weight excluding hydrogens is 486 g/mol. The first-order chi connectivity index (χ1) is 17.6. The molecule has 0 bridgehead atoms. The van der Waals surface area contributed by atoms with Crippen molar-refractivity contribution in [3.63, 3.8) is 0 Å². The SMILES string of the molecule is CCNC(=O)[C@H](Cc1ccccc1)N(Cc1ccc(C)cc1)C(=O)CN(c1ccccc1C)S(C)(=O)=O. The zero-order valence-electron chi connectivity index (χ0n) is 21.8. The molecule has 3 aromatic carbocycles. The van der Waals surface area contributed by atoms with Gasteiger partial charge in [-0.25, -0.2) is 8.42 Å². The van der Waals surface area contributed by atoms with E-state index in [9.17, 15) is 18.0 Å². The lowest BCUT2D eigenvalue weighted by molar-refractivity contribution is -0.140. The van der Waals surface area contributed by atoms with E-state index >= 15 is 0 Å². The first kappa shape index (κ1) is 27.9. The summed E-state index contributed by atoms with van der Waals surface area (Å²) >= 11 is 0. The summed E-state index contributed by atoms with van der Waals surface area (Å²) in [5.41, 5.74) is 4.00. The van der Waals surface area contributed by atoms with Crippen LogP contribution < -0.4 is 9.62 Å². The monoisotopic (exact) mass is 521 g/mol. The number of nitrogens with one attached hydrogen (secondary N) is 1. The van der Waals surface area contributed by atoms with Crippen LogP contribution in [0.4, 0.5) is 5.69 Å². The number of carbonyl (C=O) groups is 2. The maximum atomic E-state index is 13.9. The molecule has 0 saturated heterocycles. The van der Waals surface area contributed by atoms with Gasteiger partial charge in [0.05, 0.1) is 11.9 Å². The van der Waals surface area contributed by atoms with Crippen molar-refractivity contribution in [1.29, 1.82) is 0 Å². The highest BCUT2D eigenvalue weighted by molar-refractivity contribution is 7.92. The molecule has 0 aliphatic carbocycles. The third kappa shape index (κ3) is 7.67. The van der Waals surface area contributed by atoms with Crippen LogP contribution in [0.3, 0.4) is 0 Å². The minimum absolute atomic E-state index is 0.166. The van der Waals surface area contributed by atoms with Crippen LogP contribution in [0.25, 0.3) is 0 Å². The van der Waals surface area contributed by atoms with Gasteiger partial charge in [0.1, 0.15) is 12.6 Å². The smallest absolute Gasteiger partial charge is 0.244 e. The molecule has 1 atom stereocenters. The topological polar surface area (TPSA) is 86.8 Å². The molecule has 0 saturated carbocycles. The summed E-state index contributed by atoms with van der Waals surface area (Å²) in [6.45, 7) is 5.77. The Morgan fingerprint density at radius 2 is 1.49 bits per heavy atom. The van der Waals surface area contributed by atoms with E-state index in [4.69, 9.17) is 0 Å². The van der Waals surface area contributed by atoms with E-state index in [0.29, 0.717) is 18.7 Å². The highest BCUT2D eigenvalue weighted by Gasteiger charge is 2.33. The molecule has 0 aliphatic rings. The Hall–Kier alpha value is -3.65. The molecule has 0 aromatic heterocycles. The standard InChI is InChI=1S/C29H35N3O4S/c1-5-30-29(34)27(19-24-12-7-6-8-13-24)31(20-25-17-15-22(2)16-18-25)28(33)21-32(37(4,35)36)26-14-10-9-11-23(26)3/h6-18,27H,5,19-21H2,1-4H3,(H,30,34)/t27-/m0/s1. The molecular formula is C29H35N3O4S. The number of sulfonamides is 1. The lowest BCUT2D eigenvalue weighted by atomic mass is 10.0. The highest BCUT2D eigenvalue weighted by Crippen LogP contribution is 2.23. The van der Waals surface area contributed by atoms with E-state index in [2.05, 4.69) is 5.32 Å². The zero-order valence-corrected chi connectivity index (χ0v) is 22.7. The first-order valence-corrected chi connectivity index (χ1v) is 14.1. The molecule has 0 fully saturated rings. The number of rotatable bonds is 11. The summed E-state index contributed by atoms with van der Waals surface area (Å²) < 4.78 is 26.7. The van der Waals surface area contributed by atoms with Gasteiger partial charge in [-0.2, -0.15) is 0 Å². The van der Waals surface area contributed by atoms with Crippen molar-refractivity contribution in [2.75, 3.05) is 23.7 Å². The summed E-state index contributed by atoms with van der Waals surface area (Å²) in [7, 11) is -3.78. The van der Waals surface area contributed by atoms with E-state index in [-0.39, 0.29) is 12.5 Å². The third-order valence-corrected chi connectivity index (χ3v) is 7.29. The number of hydrogen-bond donors (Lipinski definition) is 1. The van der Waals surface area contributed by atoms with Gasteiger partial charge in [0.25, 0.3) is 0 Å². The number of aryl methyl sites for hydroxylation is 2. The van der Waals surface area contributed by atoms with E-state index < -0.39 is 28.5 Å². The van der Waals surface area contributed by atoms with E-state index in [1.807, 2.05) is 74.5 Å². The van der Waals surface area contributed by atoms with Gasteiger partial charge >= 0.3 is 0 Å². The van der Waals surface area contributed by atoms with Crippen molar-refractivity contribution < 1.29 is 18.0 Å². The number of anilines is 1. The second-order valence-corrected chi connectivity index (χ2v) is 11.1. The predicted octanol–water partition coefficient (Wildman–Crippen LogP) is 3.85. The largest absolute Gasteiger partial charge is 0.355 e. The number of para-hydroxylation sites is 1. The number of hydrogen-bond acceptors (Lipinski definition) is 4. The minimum atomic E-state index is -3.78. The first-order valence-electron chi connectivity index (χ1n) is 12.3. The number of amides is 2. The molecule has 0 unspecified atom stereocenters. The normalized spacial score (nSPS) is 12.0. The molecule has 0 heterocycles. The minimum Gasteiger partial charge on any atom is -0.355 e. The molecule has 2 amide bonds. The van der Waals surface area contributed by atoms with Gasteiger partial charge in [0.2, 0.25) is 21.8 Å². The van der Waals surface area contributed by atoms with Crippen LogP contribution in [0.15, 0.2) is 78.9 Å². The maximum Gasteiger partial charge on any atom is 0.244 e. The number of likely N-dealkylation sites (N-methyl/N-ethyl adjacent to an activating group) is 1. The Kier molecular flexibility index (Phi) is 9.47. The van der Waals surface area contributed by atoms with E-state index in [1.165, 1.54) is 4.90 Å². The molecule has 8 heteroatoms. The molecule has 1 N–H and O–H groups in total. The molecule has 3 aromatic rings. The Bertz CT molecular complexity index is 1310. The van der Waals surface area contributed by atoms with E-state index in [1.54, 1.807) is 25.1 Å². The van der Waals surface area contributed by atoms with Gasteiger partial charge in [0, 0.05) is 19.5 Å². The van der Waals surface area contributed by atoms with Crippen molar-refractivity contribution in [3.05, 3.63) is 101 Å². The second-order valence-electron chi connectivity index (χ2n) is 9.16. The average molecular weight is 522 g/mol. The summed E-state index contributed by atoms with van der Waals surface area (Å²) in [5, 5.41) is 2.86. The Morgan fingerprint density at radius 1 is 0.865 bits per heavy atom. The van der Waals surface area contributed by atoms with Crippen molar-refractivity contribution in [2.45, 2.75) is 39.8 Å². The summed E-state index contributed by atoms with van der Waals surface area (Å²) in [4.78, 5) is 28.7. The molecule has 7 nitrogen and oxygen atoms in total. The van der Waals surface area contributed by atoms with Crippen LogP contribution >= 0.6 is 0 Å². The molecule has 0 spiro atoms. The lowest BCUT2D eigenvalue weighted by Crippen LogP contribution is -2.53. The van der Waals surface area contributed by atoms with Crippen LogP contribution in [0.2, 0.25) is 0 Å². The third-order valence-electron chi connectivity index (χ3n) is 6.16. The van der Waals surface area contributed by atoms with Crippen LogP contribution in [-0.4, -0.2) is 50.5 Å². The van der Waals surface area contributed by atoms with Gasteiger partial charge < -0.3 is 10.2 Å². The Morgan fingerprint density at radius 3 is 2.08 bits per heavy atom.